The Bertz CT molecular complexity index is 1110. The molecule has 3 rings (SSSR count). The zero-order valence-electron chi connectivity index (χ0n) is 16.6. The molecule has 0 fully saturated rings. The third-order valence-corrected chi connectivity index (χ3v) is 4.29. The van der Waals surface area contributed by atoms with Crippen molar-refractivity contribution in [2.24, 2.45) is 0 Å². The van der Waals surface area contributed by atoms with Gasteiger partial charge in [-0.1, -0.05) is 18.2 Å². The Morgan fingerprint density at radius 1 is 0.935 bits per heavy atom. The highest BCUT2D eigenvalue weighted by atomic mass is 16.6. The van der Waals surface area contributed by atoms with Crippen LogP contribution in [0.4, 0.5) is 11.4 Å². The molecule has 0 aliphatic carbocycles. The number of methoxy groups -OCH3 is 1. The van der Waals surface area contributed by atoms with E-state index in [1.807, 2.05) is 0 Å². The molecule has 0 saturated carbocycles. The Hall–Kier alpha value is -4.46. The monoisotopic (exact) mass is 417 g/mol. The number of anilines is 1. The average Bonchev–Trinajstić information content (AvgIpc) is 2.80. The summed E-state index contributed by atoms with van der Waals surface area (Å²) in [7, 11) is 1.54. The third-order valence-electron chi connectivity index (χ3n) is 4.29. The average molecular weight is 417 g/mol. The number of hydrogen-bond donors (Lipinski definition) is 2. The number of carbonyl (C=O) groups excluding carboxylic acids is 2. The fourth-order valence-electron chi connectivity index (χ4n) is 2.67. The van der Waals surface area contributed by atoms with Gasteiger partial charge in [0.1, 0.15) is 11.4 Å². The first-order chi connectivity index (χ1) is 15.0. The minimum absolute atomic E-state index is 0.0153. The first-order valence-corrected chi connectivity index (χ1v) is 9.24. The first-order valence-electron chi connectivity index (χ1n) is 9.24. The maximum Gasteiger partial charge on any atom is 0.272 e. The minimum atomic E-state index is -0.548. The number of nitrogens with one attached hydrogen (secondary N) is 2. The standard InChI is InChI=1S/C23H19N3O5/c1-31-20-13-9-18(10-14-20)24-23(28)21(25-22(27)17-5-3-2-4-6-17)15-16-7-11-19(12-8-16)26(29)30/h2-15H,1H3,(H,24,28)(H,25,27). The highest BCUT2D eigenvalue weighted by Gasteiger charge is 2.15. The number of hydrogen-bond acceptors (Lipinski definition) is 5. The predicted molar refractivity (Wildman–Crippen MR) is 117 cm³/mol. The molecule has 0 radical (unpaired) electrons. The molecule has 31 heavy (non-hydrogen) atoms. The summed E-state index contributed by atoms with van der Waals surface area (Å²) in [5.74, 6) is -0.372. The molecule has 3 aromatic carbocycles. The van der Waals surface area contributed by atoms with E-state index in [1.165, 1.54) is 37.5 Å². The van der Waals surface area contributed by atoms with Gasteiger partial charge in [-0.15, -0.1) is 0 Å². The molecule has 0 aliphatic heterocycles. The summed E-state index contributed by atoms with van der Waals surface area (Å²) in [5, 5.41) is 16.2. The Morgan fingerprint density at radius 3 is 2.16 bits per heavy atom. The number of nitro groups is 1. The summed E-state index contributed by atoms with van der Waals surface area (Å²) in [6.45, 7) is 0. The summed E-state index contributed by atoms with van der Waals surface area (Å²) in [6, 6.07) is 20.8. The molecule has 0 atom stereocenters. The van der Waals surface area contributed by atoms with Gasteiger partial charge in [-0.25, -0.2) is 0 Å². The van der Waals surface area contributed by atoms with E-state index in [9.17, 15) is 19.7 Å². The van der Waals surface area contributed by atoms with Gasteiger partial charge in [0.05, 0.1) is 12.0 Å². The zero-order valence-corrected chi connectivity index (χ0v) is 16.6. The van der Waals surface area contributed by atoms with Crippen LogP contribution in [0.15, 0.2) is 84.6 Å². The Labute approximate surface area is 178 Å². The van der Waals surface area contributed by atoms with Gasteiger partial charge in [-0.3, -0.25) is 19.7 Å². The van der Waals surface area contributed by atoms with E-state index in [1.54, 1.807) is 54.6 Å². The summed E-state index contributed by atoms with van der Waals surface area (Å²) < 4.78 is 5.10. The van der Waals surface area contributed by atoms with Crippen LogP contribution in [0.3, 0.4) is 0 Å². The van der Waals surface area contributed by atoms with Crippen LogP contribution in [-0.4, -0.2) is 23.8 Å². The van der Waals surface area contributed by atoms with E-state index < -0.39 is 16.7 Å². The van der Waals surface area contributed by atoms with Crippen molar-refractivity contribution in [3.8, 4) is 5.75 Å². The minimum Gasteiger partial charge on any atom is -0.497 e. The van der Waals surface area contributed by atoms with Gasteiger partial charge in [0.2, 0.25) is 0 Å². The SMILES string of the molecule is COc1ccc(NC(=O)C(=Cc2ccc([N+](=O)[O-])cc2)NC(=O)c2ccccc2)cc1. The van der Waals surface area contributed by atoms with E-state index in [4.69, 9.17) is 4.74 Å². The molecule has 0 bridgehead atoms. The van der Waals surface area contributed by atoms with E-state index >= 15 is 0 Å². The second kappa shape index (κ2) is 9.84. The summed E-state index contributed by atoms with van der Waals surface area (Å²) in [5.41, 5.74) is 1.32. The van der Waals surface area contributed by atoms with Crippen LogP contribution in [0.25, 0.3) is 6.08 Å². The topological polar surface area (TPSA) is 111 Å². The maximum atomic E-state index is 12.9. The number of benzene rings is 3. The molecule has 0 aromatic heterocycles. The lowest BCUT2D eigenvalue weighted by Gasteiger charge is -2.12. The third kappa shape index (κ3) is 5.77. The van der Waals surface area contributed by atoms with Crippen LogP contribution in [0, 0.1) is 10.1 Å². The van der Waals surface area contributed by atoms with Crippen LogP contribution in [0.2, 0.25) is 0 Å². The van der Waals surface area contributed by atoms with E-state index in [0.717, 1.165) is 0 Å². The number of rotatable bonds is 7. The predicted octanol–water partition coefficient (Wildman–Crippen LogP) is 4.01. The molecular formula is C23H19N3O5. The highest BCUT2D eigenvalue weighted by Crippen LogP contribution is 2.17. The van der Waals surface area contributed by atoms with Crippen LogP contribution >= 0.6 is 0 Å². The van der Waals surface area contributed by atoms with Crippen LogP contribution in [-0.2, 0) is 4.79 Å². The molecule has 0 spiro atoms. The number of ether oxygens (including phenoxy) is 1. The molecule has 0 heterocycles. The Morgan fingerprint density at radius 2 is 1.58 bits per heavy atom. The van der Waals surface area contributed by atoms with Gasteiger partial charge in [0.15, 0.2) is 0 Å². The summed E-state index contributed by atoms with van der Waals surface area (Å²) >= 11 is 0. The lowest BCUT2D eigenvalue weighted by Crippen LogP contribution is -2.30. The summed E-state index contributed by atoms with van der Waals surface area (Å²) in [4.78, 5) is 35.8. The molecule has 8 nitrogen and oxygen atoms in total. The van der Waals surface area contributed by atoms with Gasteiger partial charge >= 0.3 is 0 Å². The number of amides is 2. The smallest absolute Gasteiger partial charge is 0.272 e. The fourth-order valence-corrected chi connectivity index (χ4v) is 2.67. The number of carbonyl (C=O) groups is 2. The summed E-state index contributed by atoms with van der Waals surface area (Å²) in [6.07, 6.45) is 1.45. The van der Waals surface area contributed by atoms with E-state index in [0.29, 0.717) is 22.6 Å². The largest absolute Gasteiger partial charge is 0.497 e. The van der Waals surface area contributed by atoms with Gasteiger partial charge in [0.25, 0.3) is 17.5 Å². The quantitative estimate of drug-likeness (QED) is 0.343. The molecule has 8 heteroatoms. The van der Waals surface area contributed by atoms with Crippen molar-refractivity contribution in [3.63, 3.8) is 0 Å². The van der Waals surface area contributed by atoms with Crippen LogP contribution < -0.4 is 15.4 Å². The lowest BCUT2D eigenvalue weighted by molar-refractivity contribution is -0.384. The Kier molecular flexibility index (Phi) is 6.74. The van der Waals surface area contributed by atoms with Gasteiger partial charge < -0.3 is 15.4 Å². The molecule has 2 N–H and O–H groups in total. The van der Waals surface area contributed by atoms with Crippen LogP contribution in [0.1, 0.15) is 15.9 Å². The van der Waals surface area contributed by atoms with Gasteiger partial charge in [-0.2, -0.15) is 0 Å². The van der Waals surface area contributed by atoms with Crippen molar-refractivity contribution in [3.05, 3.63) is 106 Å². The second-order valence-corrected chi connectivity index (χ2v) is 6.41. The number of non-ortho nitro benzene ring substituents is 1. The molecular weight excluding hydrogens is 398 g/mol. The maximum absolute atomic E-state index is 12.9. The van der Waals surface area contributed by atoms with Gasteiger partial charge in [-0.05, 0) is 60.2 Å². The van der Waals surface area contributed by atoms with E-state index in [-0.39, 0.29) is 11.4 Å². The van der Waals surface area contributed by atoms with Crippen molar-refractivity contribution >= 4 is 29.3 Å². The second-order valence-electron chi connectivity index (χ2n) is 6.41. The molecule has 0 aliphatic rings. The zero-order chi connectivity index (χ0) is 22.2. The van der Waals surface area contributed by atoms with Crippen molar-refractivity contribution in [1.82, 2.24) is 5.32 Å². The first kappa shape index (κ1) is 21.3. The van der Waals surface area contributed by atoms with Crippen molar-refractivity contribution in [2.75, 3.05) is 12.4 Å². The van der Waals surface area contributed by atoms with E-state index in [2.05, 4.69) is 10.6 Å². The molecule has 0 saturated heterocycles. The number of nitro benzene ring substituents is 1. The van der Waals surface area contributed by atoms with Crippen LogP contribution in [0.5, 0.6) is 5.75 Å². The van der Waals surface area contributed by atoms with Crippen molar-refractivity contribution < 1.29 is 19.2 Å². The normalized spacial score (nSPS) is 10.8. The molecule has 156 valence electrons. The van der Waals surface area contributed by atoms with Gasteiger partial charge in [0, 0.05) is 23.4 Å². The Balaban J connectivity index is 1.87. The highest BCUT2D eigenvalue weighted by molar-refractivity contribution is 6.10. The van der Waals surface area contributed by atoms with Crippen molar-refractivity contribution in [2.45, 2.75) is 0 Å². The molecule has 2 amide bonds. The number of nitrogens with zero attached hydrogens (tertiary/aromatic N) is 1. The lowest BCUT2D eigenvalue weighted by atomic mass is 10.1. The molecule has 0 unspecified atom stereocenters. The fraction of sp³-hybridized carbons (Fsp3) is 0.0435. The molecule has 3 aromatic rings. The van der Waals surface area contributed by atoms with Crippen molar-refractivity contribution in [1.29, 1.82) is 0 Å².